The molecule has 1 rings (SSSR count). The number of hydrogen-bond donors (Lipinski definition) is 2. The van der Waals surface area contributed by atoms with Gasteiger partial charge in [-0.3, -0.25) is 14.9 Å². The van der Waals surface area contributed by atoms with Crippen molar-refractivity contribution in [3.63, 3.8) is 0 Å². The highest BCUT2D eigenvalue weighted by atomic mass is 16.5. The van der Waals surface area contributed by atoms with Crippen LogP contribution in [-0.4, -0.2) is 31.6 Å². The van der Waals surface area contributed by atoms with Gasteiger partial charge >= 0.3 is 6.09 Å². The molecule has 0 saturated heterocycles. The van der Waals surface area contributed by atoms with E-state index in [1.165, 1.54) is 25.3 Å². The molecule has 0 aliphatic rings. The van der Waals surface area contributed by atoms with E-state index in [-0.39, 0.29) is 23.5 Å². The fourth-order valence-electron chi connectivity index (χ4n) is 1.64. The molecule has 3 N–H and O–H groups in total. The molecule has 0 bridgehead atoms. The predicted molar refractivity (Wildman–Crippen MR) is 75.2 cm³/mol. The number of carbonyl (C=O) groups excluding carboxylic acids is 3. The fourth-order valence-corrected chi connectivity index (χ4v) is 1.64. The average Bonchev–Trinajstić information content (AvgIpc) is 2.46. The number of amides is 3. The highest BCUT2D eigenvalue weighted by Crippen LogP contribution is 2.22. The van der Waals surface area contributed by atoms with Gasteiger partial charge in [0.25, 0.3) is 5.91 Å². The lowest BCUT2D eigenvalue weighted by Gasteiger charge is -2.11. The lowest BCUT2D eigenvalue weighted by atomic mass is 10.1. The van der Waals surface area contributed by atoms with Crippen LogP contribution in [0.25, 0.3) is 0 Å². The number of hydrogen-bond acceptors (Lipinski definition) is 5. The first-order valence-corrected chi connectivity index (χ1v) is 6.46. The number of rotatable bonds is 6. The summed E-state index contributed by atoms with van der Waals surface area (Å²) in [5, 5.41) is 2.04. The topological polar surface area (TPSA) is 108 Å². The molecule has 0 radical (unpaired) electrons. The largest absolute Gasteiger partial charge is 0.496 e. The van der Waals surface area contributed by atoms with E-state index in [1.54, 1.807) is 0 Å². The highest BCUT2D eigenvalue weighted by Gasteiger charge is 2.22. The summed E-state index contributed by atoms with van der Waals surface area (Å²) in [5.74, 6) is -1.45. The number of nitrogens with one attached hydrogen (secondary N) is 1. The molecule has 21 heavy (non-hydrogen) atoms. The van der Waals surface area contributed by atoms with Crippen LogP contribution in [0.5, 0.6) is 5.75 Å². The van der Waals surface area contributed by atoms with Crippen molar-refractivity contribution in [1.29, 1.82) is 0 Å². The average molecular weight is 294 g/mol. The quantitative estimate of drug-likeness (QED) is 0.772. The fraction of sp³-hybridized carbons (Fsp3) is 0.357. The maximum Gasteiger partial charge on any atom is 0.414 e. The molecule has 1 aromatic rings. The minimum absolute atomic E-state index is 0.0341. The molecule has 0 spiro atoms. The van der Waals surface area contributed by atoms with E-state index in [1.807, 2.05) is 12.2 Å². The summed E-state index contributed by atoms with van der Waals surface area (Å²) in [6.45, 7) is 2.16. The molecular formula is C14H18N2O5. The van der Waals surface area contributed by atoms with Gasteiger partial charge in [0, 0.05) is 0 Å². The van der Waals surface area contributed by atoms with Gasteiger partial charge in [-0.05, 0) is 18.6 Å². The smallest absolute Gasteiger partial charge is 0.414 e. The second kappa shape index (κ2) is 7.88. The molecule has 7 heteroatoms. The van der Waals surface area contributed by atoms with Crippen LogP contribution in [0.4, 0.5) is 4.79 Å². The Morgan fingerprint density at radius 3 is 2.57 bits per heavy atom. The van der Waals surface area contributed by atoms with E-state index in [0.717, 1.165) is 6.42 Å². The summed E-state index contributed by atoms with van der Waals surface area (Å²) in [7, 11) is 1.34. The van der Waals surface area contributed by atoms with Gasteiger partial charge in [-0.1, -0.05) is 19.4 Å². The van der Waals surface area contributed by atoms with E-state index in [0.29, 0.717) is 6.42 Å². The number of primary amides is 1. The molecule has 0 heterocycles. The first kappa shape index (κ1) is 16.5. The normalized spacial score (nSPS) is 9.81. The third-order valence-electron chi connectivity index (χ3n) is 2.69. The molecular weight excluding hydrogens is 276 g/mol. The predicted octanol–water partition coefficient (Wildman–Crippen LogP) is 1.46. The molecule has 0 fully saturated rings. The second-order valence-electron chi connectivity index (χ2n) is 4.19. The van der Waals surface area contributed by atoms with Crippen molar-refractivity contribution in [2.24, 2.45) is 5.73 Å². The summed E-state index contributed by atoms with van der Waals surface area (Å²) in [6, 6.07) is 4.39. The van der Waals surface area contributed by atoms with Crippen LogP contribution in [0.15, 0.2) is 18.2 Å². The molecule has 0 atom stereocenters. The van der Waals surface area contributed by atoms with Crippen LogP contribution in [0.2, 0.25) is 0 Å². The molecule has 3 amide bonds. The molecule has 0 aromatic heterocycles. The van der Waals surface area contributed by atoms with E-state index in [4.69, 9.17) is 15.2 Å². The summed E-state index contributed by atoms with van der Waals surface area (Å²) in [5.41, 5.74) is 5.08. The lowest BCUT2D eigenvalue weighted by molar-refractivity contribution is 0.0902. The van der Waals surface area contributed by atoms with Gasteiger partial charge in [0.05, 0.1) is 24.8 Å². The number of nitrogens with two attached hydrogens (primary N) is 1. The Kier molecular flexibility index (Phi) is 6.19. The minimum atomic E-state index is -0.880. The summed E-state index contributed by atoms with van der Waals surface area (Å²) in [6.07, 6.45) is 0.678. The van der Waals surface area contributed by atoms with Crippen molar-refractivity contribution in [2.45, 2.75) is 19.8 Å². The molecule has 0 unspecified atom stereocenters. The zero-order valence-electron chi connectivity index (χ0n) is 12.0. The number of methoxy groups -OCH3 is 1. The van der Waals surface area contributed by atoms with Gasteiger partial charge in [0.15, 0.2) is 0 Å². The zero-order valence-corrected chi connectivity index (χ0v) is 12.0. The van der Waals surface area contributed by atoms with Gasteiger partial charge in [0.1, 0.15) is 5.75 Å². The molecule has 0 saturated carbocycles. The van der Waals surface area contributed by atoms with Crippen molar-refractivity contribution >= 4 is 17.9 Å². The van der Waals surface area contributed by atoms with E-state index < -0.39 is 17.9 Å². The van der Waals surface area contributed by atoms with Crippen molar-refractivity contribution in [1.82, 2.24) is 5.32 Å². The number of alkyl carbamates (subject to hydrolysis) is 1. The monoisotopic (exact) mass is 294 g/mol. The van der Waals surface area contributed by atoms with E-state index >= 15 is 0 Å². The van der Waals surface area contributed by atoms with Crippen molar-refractivity contribution < 1.29 is 23.9 Å². The first-order valence-electron chi connectivity index (χ1n) is 6.46. The number of benzene rings is 1. The SMILES string of the molecule is CCCCOC(=O)NC(=O)c1c(OC)cccc1C(N)=O. The number of carbonyl (C=O) groups is 3. The maximum atomic E-state index is 12.1. The van der Waals surface area contributed by atoms with Gasteiger partial charge in [-0.25, -0.2) is 4.79 Å². The van der Waals surface area contributed by atoms with Crippen LogP contribution >= 0.6 is 0 Å². The second-order valence-corrected chi connectivity index (χ2v) is 4.19. The van der Waals surface area contributed by atoms with Crippen molar-refractivity contribution in [2.75, 3.05) is 13.7 Å². The molecule has 7 nitrogen and oxygen atoms in total. The Balaban J connectivity index is 2.91. The summed E-state index contributed by atoms with van der Waals surface area (Å²) in [4.78, 5) is 34.9. The third-order valence-corrected chi connectivity index (χ3v) is 2.69. The maximum absolute atomic E-state index is 12.1. The summed E-state index contributed by atoms with van der Waals surface area (Å²) >= 11 is 0. The number of ether oxygens (including phenoxy) is 2. The van der Waals surface area contributed by atoms with E-state index in [2.05, 4.69) is 0 Å². The zero-order chi connectivity index (χ0) is 15.8. The van der Waals surface area contributed by atoms with Crippen LogP contribution in [0.1, 0.15) is 40.5 Å². The minimum Gasteiger partial charge on any atom is -0.496 e. The molecule has 114 valence electrons. The molecule has 0 aliphatic carbocycles. The van der Waals surface area contributed by atoms with Crippen molar-refractivity contribution in [3.8, 4) is 5.75 Å². The third kappa shape index (κ3) is 4.48. The van der Waals surface area contributed by atoms with Gasteiger partial charge in [-0.15, -0.1) is 0 Å². The van der Waals surface area contributed by atoms with Crippen molar-refractivity contribution in [3.05, 3.63) is 29.3 Å². The standard InChI is InChI=1S/C14H18N2O5/c1-3-4-8-21-14(19)16-13(18)11-9(12(15)17)6-5-7-10(11)20-2/h5-7H,3-4,8H2,1-2H3,(H2,15,17)(H,16,18,19). The van der Waals surface area contributed by atoms with Gasteiger partial charge in [0.2, 0.25) is 5.91 Å². The van der Waals surface area contributed by atoms with Gasteiger partial charge < -0.3 is 15.2 Å². The Morgan fingerprint density at radius 1 is 1.29 bits per heavy atom. The Bertz CT molecular complexity index is 542. The molecule has 0 aliphatic heterocycles. The number of imide groups is 1. The highest BCUT2D eigenvalue weighted by molar-refractivity contribution is 6.12. The Hall–Kier alpha value is -2.57. The molecule has 1 aromatic carbocycles. The van der Waals surface area contributed by atoms with Crippen LogP contribution in [0.3, 0.4) is 0 Å². The Labute approximate surface area is 122 Å². The lowest BCUT2D eigenvalue weighted by Crippen LogP contribution is -2.33. The number of unbranched alkanes of at least 4 members (excludes halogenated alkanes) is 1. The van der Waals surface area contributed by atoms with Crippen LogP contribution in [-0.2, 0) is 4.74 Å². The first-order chi connectivity index (χ1) is 10.0. The van der Waals surface area contributed by atoms with Crippen LogP contribution in [0, 0.1) is 0 Å². The van der Waals surface area contributed by atoms with Gasteiger partial charge in [-0.2, -0.15) is 0 Å². The van der Waals surface area contributed by atoms with Crippen LogP contribution < -0.4 is 15.8 Å². The van der Waals surface area contributed by atoms with E-state index in [9.17, 15) is 14.4 Å². The summed E-state index contributed by atoms with van der Waals surface area (Å²) < 4.78 is 9.84. The Morgan fingerprint density at radius 2 is 2.00 bits per heavy atom.